The molecule has 1 aromatic carbocycles. The van der Waals surface area contributed by atoms with E-state index in [9.17, 15) is 4.79 Å². The summed E-state index contributed by atoms with van der Waals surface area (Å²) < 4.78 is 0. The molecule has 0 unspecified atom stereocenters. The maximum atomic E-state index is 12.4. The number of hydrogen-bond donors (Lipinski definition) is 0. The lowest BCUT2D eigenvalue weighted by molar-refractivity contribution is 0.108. The molecule has 0 aliphatic heterocycles. The van der Waals surface area contributed by atoms with E-state index in [4.69, 9.17) is 11.6 Å². The second kappa shape index (κ2) is 31.8. The molecule has 0 saturated heterocycles. The van der Waals surface area contributed by atoms with E-state index in [0.29, 0.717) is 0 Å². The minimum absolute atomic E-state index is 0.283. The van der Waals surface area contributed by atoms with Gasteiger partial charge in [-0.15, -0.1) is 0 Å². The zero-order valence-corrected chi connectivity index (χ0v) is 31.5. The Hall–Kier alpha value is -0.820. The summed E-state index contributed by atoms with van der Waals surface area (Å²) in [5, 5.41) is -0.283. The summed E-state index contributed by atoms with van der Waals surface area (Å²) in [4.78, 5) is 12.4. The molecule has 0 aliphatic carbocycles. The topological polar surface area (TPSA) is 17.1 Å². The van der Waals surface area contributed by atoms with E-state index in [1.165, 1.54) is 210 Å². The van der Waals surface area contributed by atoms with Crippen molar-refractivity contribution >= 4 is 16.8 Å². The second-order valence-electron chi connectivity index (χ2n) is 14.3. The van der Waals surface area contributed by atoms with Crippen LogP contribution in [0, 0.1) is 0 Å². The first-order valence-corrected chi connectivity index (χ1v) is 20.9. The molecule has 0 atom stereocenters. The quantitative estimate of drug-likeness (QED) is 0.0539. The van der Waals surface area contributed by atoms with Gasteiger partial charge in [-0.05, 0) is 78.9 Å². The fraction of sp³-hybridized carbons (Fsp3) is 0.837. The Morgan fingerprint density at radius 3 is 0.911 bits per heavy atom. The van der Waals surface area contributed by atoms with Gasteiger partial charge in [-0.3, -0.25) is 4.79 Å². The molecule has 0 fully saturated rings. The third kappa shape index (κ3) is 24.0. The molecular weight excluding hydrogens is 568 g/mol. The van der Waals surface area contributed by atoms with E-state index in [2.05, 4.69) is 32.9 Å². The monoisotopic (exact) mass is 645 g/mol. The summed E-state index contributed by atoms with van der Waals surface area (Å²) in [6.07, 6.45) is 44.4. The fourth-order valence-electron chi connectivity index (χ4n) is 7.07. The van der Waals surface area contributed by atoms with Crippen LogP contribution in [-0.4, -0.2) is 5.24 Å². The summed E-state index contributed by atoms with van der Waals surface area (Å²) in [6, 6.07) is 4.33. The van der Waals surface area contributed by atoms with Gasteiger partial charge in [-0.1, -0.05) is 194 Å². The first-order chi connectivity index (χ1) is 22.1. The Bertz CT molecular complexity index is 754. The molecule has 262 valence electrons. The number of benzene rings is 1. The molecule has 0 radical (unpaired) electrons. The molecular formula is C43H77ClO. The lowest BCUT2D eigenvalue weighted by atomic mass is 9.88. The van der Waals surface area contributed by atoms with Gasteiger partial charge in [-0.25, -0.2) is 0 Å². The van der Waals surface area contributed by atoms with Crippen LogP contribution < -0.4 is 0 Å². The highest BCUT2D eigenvalue weighted by molar-refractivity contribution is 6.67. The Morgan fingerprint density at radius 1 is 0.400 bits per heavy atom. The molecule has 1 rings (SSSR count). The number of rotatable bonds is 34. The molecule has 0 N–H and O–H groups in total. The van der Waals surface area contributed by atoms with Gasteiger partial charge < -0.3 is 0 Å². The van der Waals surface area contributed by atoms with E-state index in [-0.39, 0.29) is 5.24 Å². The summed E-state index contributed by atoms with van der Waals surface area (Å²) in [5.41, 5.74) is 5.16. The van der Waals surface area contributed by atoms with E-state index in [1.54, 1.807) is 5.56 Å². The SMILES string of the molecule is CCCCCCCCCCCCc1cc(C(=O)Cl)cc(CCCCCCCCCCCC)c1CCCCCCCCCCCC. The first-order valence-electron chi connectivity index (χ1n) is 20.5. The van der Waals surface area contributed by atoms with Gasteiger partial charge in [-0.2, -0.15) is 0 Å². The van der Waals surface area contributed by atoms with Gasteiger partial charge in [0.15, 0.2) is 0 Å². The van der Waals surface area contributed by atoms with Crippen LogP contribution in [0.2, 0.25) is 0 Å². The molecule has 0 amide bonds. The maximum Gasteiger partial charge on any atom is 0.252 e. The summed E-state index contributed by atoms with van der Waals surface area (Å²) >= 11 is 6.10. The highest BCUT2D eigenvalue weighted by Crippen LogP contribution is 2.26. The molecule has 1 aromatic rings. The van der Waals surface area contributed by atoms with Gasteiger partial charge >= 0.3 is 0 Å². The summed E-state index contributed by atoms with van der Waals surface area (Å²) in [7, 11) is 0. The molecule has 45 heavy (non-hydrogen) atoms. The largest absolute Gasteiger partial charge is 0.276 e. The van der Waals surface area contributed by atoms with Crippen molar-refractivity contribution in [2.75, 3.05) is 0 Å². The predicted octanol–water partition coefficient (Wildman–Crippen LogP) is 15.5. The molecule has 0 heterocycles. The molecule has 0 spiro atoms. The average molecular weight is 646 g/mol. The number of halogens is 1. The fourth-order valence-corrected chi connectivity index (χ4v) is 7.18. The number of carbonyl (C=O) groups is 1. The smallest absolute Gasteiger partial charge is 0.252 e. The van der Waals surface area contributed by atoms with Gasteiger partial charge in [0, 0.05) is 5.56 Å². The van der Waals surface area contributed by atoms with Crippen molar-refractivity contribution in [3.8, 4) is 0 Å². The van der Waals surface area contributed by atoms with E-state index in [1.807, 2.05) is 0 Å². The van der Waals surface area contributed by atoms with Gasteiger partial charge in [0.2, 0.25) is 0 Å². The third-order valence-corrected chi connectivity index (χ3v) is 10.3. The zero-order chi connectivity index (χ0) is 32.6. The number of hydrogen-bond acceptors (Lipinski definition) is 1. The minimum atomic E-state index is -0.283. The minimum Gasteiger partial charge on any atom is -0.276 e. The van der Waals surface area contributed by atoms with Crippen LogP contribution in [0.5, 0.6) is 0 Å². The Kier molecular flexibility index (Phi) is 29.8. The Balaban J connectivity index is 2.65. The van der Waals surface area contributed by atoms with Crippen molar-refractivity contribution in [1.29, 1.82) is 0 Å². The zero-order valence-electron chi connectivity index (χ0n) is 30.8. The van der Waals surface area contributed by atoms with E-state index >= 15 is 0 Å². The van der Waals surface area contributed by atoms with Crippen molar-refractivity contribution in [2.45, 2.75) is 233 Å². The van der Waals surface area contributed by atoms with Crippen molar-refractivity contribution in [3.05, 3.63) is 34.4 Å². The second-order valence-corrected chi connectivity index (χ2v) is 14.7. The van der Waals surface area contributed by atoms with Crippen molar-refractivity contribution < 1.29 is 4.79 Å². The maximum absolute atomic E-state index is 12.4. The van der Waals surface area contributed by atoms with Gasteiger partial charge in [0.1, 0.15) is 0 Å². The number of unbranched alkanes of at least 4 members (excludes halogenated alkanes) is 27. The van der Waals surface area contributed by atoms with Crippen molar-refractivity contribution in [2.24, 2.45) is 0 Å². The molecule has 0 aliphatic rings. The molecule has 0 bridgehead atoms. The Morgan fingerprint density at radius 2 is 0.644 bits per heavy atom. The summed E-state index contributed by atoms with van der Waals surface area (Å²) in [6.45, 7) is 6.89. The van der Waals surface area contributed by atoms with Gasteiger partial charge in [0.25, 0.3) is 5.24 Å². The van der Waals surface area contributed by atoms with Crippen molar-refractivity contribution in [1.82, 2.24) is 0 Å². The highest BCUT2D eigenvalue weighted by Gasteiger charge is 2.14. The van der Waals surface area contributed by atoms with Crippen LogP contribution in [0.25, 0.3) is 0 Å². The number of carbonyl (C=O) groups excluding carboxylic acids is 1. The number of aryl methyl sites for hydroxylation is 2. The predicted molar refractivity (Wildman–Crippen MR) is 203 cm³/mol. The van der Waals surface area contributed by atoms with Crippen LogP contribution in [0.15, 0.2) is 12.1 Å². The highest BCUT2D eigenvalue weighted by atomic mass is 35.5. The first kappa shape index (κ1) is 42.2. The lowest BCUT2D eigenvalue weighted by Gasteiger charge is -2.17. The van der Waals surface area contributed by atoms with E-state index in [0.717, 1.165) is 18.4 Å². The summed E-state index contributed by atoms with van der Waals surface area (Å²) in [5.74, 6) is 0. The normalized spacial score (nSPS) is 11.5. The van der Waals surface area contributed by atoms with Crippen LogP contribution in [-0.2, 0) is 19.3 Å². The molecule has 2 heteroatoms. The van der Waals surface area contributed by atoms with Crippen LogP contribution in [0.4, 0.5) is 0 Å². The molecule has 1 nitrogen and oxygen atoms in total. The molecule has 0 aromatic heterocycles. The third-order valence-electron chi connectivity index (χ3n) is 10.0. The van der Waals surface area contributed by atoms with E-state index < -0.39 is 0 Å². The standard InChI is InChI=1S/C43H77ClO/c1-4-7-10-13-16-19-22-25-28-31-34-39-37-41(43(44)45)38-40(35-32-29-26-23-20-17-14-11-8-5-2)42(39)36-33-30-27-24-21-18-15-12-9-6-3/h37-38H,4-36H2,1-3H3. The van der Waals surface area contributed by atoms with Crippen molar-refractivity contribution in [3.63, 3.8) is 0 Å². The lowest BCUT2D eigenvalue weighted by Crippen LogP contribution is -2.05. The average Bonchev–Trinajstić information content (AvgIpc) is 3.04. The Labute approximate surface area is 287 Å². The van der Waals surface area contributed by atoms with Crippen LogP contribution in [0.3, 0.4) is 0 Å². The van der Waals surface area contributed by atoms with Crippen LogP contribution in [0.1, 0.15) is 240 Å². The van der Waals surface area contributed by atoms with Gasteiger partial charge in [0.05, 0.1) is 0 Å². The van der Waals surface area contributed by atoms with Crippen LogP contribution >= 0.6 is 11.6 Å². The molecule has 0 saturated carbocycles.